The van der Waals surface area contributed by atoms with Crippen molar-refractivity contribution in [2.24, 2.45) is 17.8 Å². The van der Waals surface area contributed by atoms with E-state index >= 15 is 0 Å². The number of hydrogen-bond acceptors (Lipinski definition) is 2. The average molecular weight is 395 g/mol. The average Bonchev–Trinajstić information content (AvgIpc) is 2.66. The summed E-state index contributed by atoms with van der Waals surface area (Å²) in [6.45, 7) is 13.7. The highest BCUT2D eigenvalue weighted by atomic mass is 28.4. The minimum absolute atomic E-state index is 0.0344. The van der Waals surface area contributed by atoms with Crippen molar-refractivity contribution in [2.45, 2.75) is 71.0 Å². The SMILES string of the molecule is C[C@@H]1[C@H]2C(=O)C#CCCC[C@@H]1C(O[Si](C)(C)C(C)(C)C)=C[C@H]2c1ccccc1. The van der Waals surface area contributed by atoms with Crippen LogP contribution >= 0.6 is 0 Å². The van der Waals surface area contributed by atoms with Crippen LogP contribution in [0.15, 0.2) is 42.2 Å². The number of ketones is 1. The first kappa shape index (κ1) is 20.9. The van der Waals surface area contributed by atoms with Gasteiger partial charge in [-0.25, -0.2) is 0 Å². The van der Waals surface area contributed by atoms with Crippen LogP contribution in [0.25, 0.3) is 0 Å². The first-order valence-electron chi connectivity index (χ1n) is 10.6. The second-order valence-electron chi connectivity index (χ2n) is 9.92. The maximum Gasteiger partial charge on any atom is 0.250 e. The highest BCUT2D eigenvalue weighted by Crippen LogP contribution is 2.48. The number of hydrogen-bond donors (Lipinski definition) is 0. The van der Waals surface area contributed by atoms with Gasteiger partial charge in [0.15, 0.2) is 0 Å². The lowest BCUT2D eigenvalue weighted by Crippen LogP contribution is -2.44. The van der Waals surface area contributed by atoms with Gasteiger partial charge >= 0.3 is 0 Å². The van der Waals surface area contributed by atoms with Crippen molar-refractivity contribution in [3.63, 3.8) is 0 Å². The van der Waals surface area contributed by atoms with Gasteiger partial charge in [-0.05, 0) is 54.5 Å². The van der Waals surface area contributed by atoms with Gasteiger partial charge in [0.1, 0.15) is 0 Å². The summed E-state index contributed by atoms with van der Waals surface area (Å²) in [7, 11) is -1.95. The molecule has 0 N–H and O–H groups in total. The molecule has 0 heterocycles. The minimum atomic E-state index is -1.95. The van der Waals surface area contributed by atoms with Crippen LogP contribution in [-0.4, -0.2) is 14.1 Å². The number of fused-ring (bicyclic) bond motifs is 2. The fraction of sp³-hybridized carbons (Fsp3) is 0.560. The Morgan fingerprint density at radius 3 is 2.46 bits per heavy atom. The summed E-state index contributed by atoms with van der Waals surface area (Å²) >= 11 is 0. The summed E-state index contributed by atoms with van der Waals surface area (Å²) in [6.07, 6.45) is 5.14. The van der Waals surface area contributed by atoms with Gasteiger partial charge in [0.2, 0.25) is 14.1 Å². The number of Topliss-reactive ketones (excluding diaryl/α,β-unsaturated/α-hetero) is 1. The van der Waals surface area contributed by atoms with E-state index in [2.05, 4.69) is 83.0 Å². The topological polar surface area (TPSA) is 26.3 Å². The molecule has 2 nitrogen and oxygen atoms in total. The molecule has 3 heteroatoms. The molecule has 2 bridgehead atoms. The third kappa shape index (κ3) is 4.13. The van der Waals surface area contributed by atoms with Crippen molar-refractivity contribution in [2.75, 3.05) is 0 Å². The molecular weight excluding hydrogens is 360 g/mol. The van der Waals surface area contributed by atoms with Gasteiger partial charge in [0.05, 0.1) is 5.76 Å². The molecule has 0 spiro atoms. The lowest BCUT2D eigenvalue weighted by Gasteiger charge is -2.44. The first-order valence-corrected chi connectivity index (χ1v) is 13.5. The monoisotopic (exact) mass is 394 g/mol. The Kier molecular flexibility index (Phi) is 5.91. The van der Waals surface area contributed by atoms with Gasteiger partial charge in [0, 0.05) is 24.2 Å². The molecule has 0 unspecified atom stereocenters. The number of benzene rings is 1. The van der Waals surface area contributed by atoms with Crippen LogP contribution in [0.3, 0.4) is 0 Å². The third-order valence-electron chi connectivity index (χ3n) is 6.99. The Balaban J connectivity index is 2.09. The van der Waals surface area contributed by atoms with Crippen molar-refractivity contribution in [3.8, 4) is 11.8 Å². The molecule has 0 fully saturated rings. The maximum atomic E-state index is 13.0. The quantitative estimate of drug-likeness (QED) is 0.341. The van der Waals surface area contributed by atoms with Crippen LogP contribution < -0.4 is 0 Å². The van der Waals surface area contributed by atoms with Crippen molar-refractivity contribution in [1.29, 1.82) is 0 Å². The van der Waals surface area contributed by atoms with E-state index < -0.39 is 8.32 Å². The zero-order valence-corrected chi connectivity index (χ0v) is 19.2. The summed E-state index contributed by atoms with van der Waals surface area (Å²) in [5, 5.41) is 0.146. The van der Waals surface area contributed by atoms with E-state index in [9.17, 15) is 4.79 Å². The molecule has 2 aliphatic rings. The highest BCUT2D eigenvalue weighted by Gasteiger charge is 2.46. The molecule has 1 aromatic rings. The Hall–Kier alpha value is -1.79. The van der Waals surface area contributed by atoms with E-state index in [-0.39, 0.29) is 28.6 Å². The molecule has 0 amide bonds. The Bertz CT molecular complexity index is 804. The molecule has 150 valence electrons. The van der Waals surface area contributed by atoms with E-state index in [1.165, 1.54) is 5.56 Å². The summed E-state index contributed by atoms with van der Waals surface area (Å²) in [6, 6.07) is 10.4. The van der Waals surface area contributed by atoms with Crippen molar-refractivity contribution < 1.29 is 9.22 Å². The van der Waals surface area contributed by atoms with E-state index in [1.807, 2.05) is 6.07 Å². The van der Waals surface area contributed by atoms with Gasteiger partial charge in [-0.2, -0.15) is 0 Å². The molecule has 28 heavy (non-hydrogen) atoms. The van der Waals surface area contributed by atoms with E-state index in [4.69, 9.17) is 4.43 Å². The molecular formula is C25H34O2Si. The fourth-order valence-corrected chi connectivity index (χ4v) is 5.34. The Labute approximate surface area is 171 Å². The first-order chi connectivity index (χ1) is 13.1. The zero-order chi connectivity index (χ0) is 20.5. The highest BCUT2D eigenvalue weighted by molar-refractivity contribution is 6.74. The van der Waals surface area contributed by atoms with Crippen LogP contribution in [0.4, 0.5) is 0 Å². The summed E-state index contributed by atoms with van der Waals surface area (Å²) in [4.78, 5) is 13.0. The van der Waals surface area contributed by atoms with Crippen molar-refractivity contribution >= 4 is 14.1 Å². The number of carbonyl (C=O) groups is 1. The predicted octanol–water partition coefficient (Wildman–Crippen LogP) is 6.31. The van der Waals surface area contributed by atoms with Gasteiger partial charge in [-0.3, -0.25) is 4.79 Å². The molecule has 0 radical (unpaired) electrons. The van der Waals surface area contributed by atoms with Crippen molar-refractivity contribution in [1.82, 2.24) is 0 Å². The standard InChI is InChI=1S/C25H34O2Si/c1-18-20-15-11-8-12-16-22(26)24(18)21(19-13-9-7-10-14-19)17-23(20)27-28(5,6)25(2,3)4/h7,9-10,13-14,17-18,20-21,24H,8,11,15H2,1-6H3/t18-,20-,21-,24+/m0/s1. The van der Waals surface area contributed by atoms with Crippen LogP contribution in [-0.2, 0) is 9.22 Å². The van der Waals surface area contributed by atoms with Crippen LogP contribution in [0.1, 0.15) is 58.4 Å². The van der Waals surface area contributed by atoms with Gasteiger partial charge < -0.3 is 4.43 Å². The molecule has 1 aromatic carbocycles. The minimum Gasteiger partial charge on any atom is -0.547 e. The largest absolute Gasteiger partial charge is 0.547 e. The lowest BCUT2D eigenvalue weighted by molar-refractivity contribution is -0.120. The van der Waals surface area contributed by atoms with Crippen LogP contribution in [0.2, 0.25) is 18.1 Å². The normalized spacial score (nSPS) is 28.2. The maximum absolute atomic E-state index is 13.0. The zero-order valence-electron chi connectivity index (χ0n) is 18.2. The Morgan fingerprint density at radius 2 is 1.82 bits per heavy atom. The van der Waals surface area contributed by atoms with E-state index in [0.717, 1.165) is 25.0 Å². The summed E-state index contributed by atoms with van der Waals surface area (Å²) in [5.41, 5.74) is 1.18. The smallest absolute Gasteiger partial charge is 0.250 e. The number of rotatable bonds is 3. The van der Waals surface area contributed by atoms with E-state index in [1.54, 1.807) is 0 Å². The van der Waals surface area contributed by atoms with E-state index in [0.29, 0.717) is 5.92 Å². The molecule has 0 saturated carbocycles. The molecule has 0 saturated heterocycles. The van der Waals surface area contributed by atoms with Crippen LogP contribution in [0.5, 0.6) is 0 Å². The van der Waals surface area contributed by atoms with Gasteiger partial charge in [-0.1, -0.05) is 63.9 Å². The third-order valence-corrected chi connectivity index (χ3v) is 11.4. The Morgan fingerprint density at radius 1 is 1.14 bits per heavy atom. The summed E-state index contributed by atoms with van der Waals surface area (Å²) < 4.78 is 6.87. The number of allylic oxidation sites excluding steroid dienone is 2. The predicted molar refractivity (Wildman–Crippen MR) is 118 cm³/mol. The van der Waals surface area contributed by atoms with Crippen LogP contribution in [0, 0.1) is 29.6 Å². The summed E-state index contributed by atoms with van der Waals surface area (Å²) in [5.74, 6) is 7.75. The molecule has 4 atom stereocenters. The number of carbonyl (C=O) groups excluding carboxylic acids is 1. The van der Waals surface area contributed by atoms with Gasteiger partial charge in [0.25, 0.3) is 0 Å². The molecule has 2 aliphatic carbocycles. The second kappa shape index (κ2) is 7.91. The lowest BCUT2D eigenvalue weighted by atomic mass is 9.66. The molecule has 0 aromatic heterocycles. The van der Waals surface area contributed by atoms with Gasteiger partial charge in [-0.15, -0.1) is 0 Å². The molecule has 3 rings (SSSR count). The molecule has 0 aliphatic heterocycles. The second-order valence-corrected chi connectivity index (χ2v) is 14.6. The van der Waals surface area contributed by atoms with Crippen molar-refractivity contribution in [3.05, 3.63) is 47.7 Å². The fourth-order valence-electron chi connectivity index (χ4n) is 4.23.